The Balaban J connectivity index is 1.53. The fraction of sp³-hybridized carbons (Fsp3) is 0.400. The maximum absolute atomic E-state index is 13.5. The van der Waals surface area contributed by atoms with Crippen LogP contribution in [0.2, 0.25) is 0 Å². The predicted octanol–water partition coefficient (Wildman–Crippen LogP) is 6.75. The Morgan fingerprint density at radius 3 is 1.85 bits per heavy atom. The molecule has 6 rings (SSSR count). The first-order valence-corrected chi connectivity index (χ1v) is 12.9. The molecule has 3 aromatic carbocycles. The lowest BCUT2D eigenvalue weighted by molar-refractivity contribution is -0.152. The monoisotopic (exact) mass is 549 g/mol. The quantitative estimate of drug-likeness (QED) is 0.331. The molecule has 9 heteroatoms. The molecule has 0 aliphatic carbocycles. The number of rotatable bonds is 7. The van der Waals surface area contributed by atoms with Gasteiger partial charge in [-0.3, -0.25) is 4.90 Å². The summed E-state index contributed by atoms with van der Waals surface area (Å²) < 4.78 is 87.0. The fourth-order valence-corrected chi connectivity index (χ4v) is 6.26. The van der Waals surface area contributed by atoms with Crippen LogP contribution in [0, 0.1) is 11.8 Å². The third kappa shape index (κ3) is 5.85. The lowest BCUT2D eigenvalue weighted by atomic mass is 9.68. The van der Waals surface area contributed by atoms with Crippen molar-refractivity contribution in [2.24, 2.45) is 11.8 Å². The number of halogens is 6. The topological polar surface area (TPSA) is 32.7 Å². The van der Waals surface area contributed by atoms with Crippen LogP contribution < -0.4 is 0 Å². The van der Waals surface area contributed by atoms with Crippen LogP contribution in [0.5, 0.6) is 0 Å². The Morgan fingerprint density at radius 1 is 0.821 bits per heavy atom. The highest BCUT2D eigenvalue weighted by Gasteiger charge is 2.51. The van der Waals surface area contributed by atoms with Crippen molar-refractivity contribution < 1.29 is 36.2 Å². The van der Waals surface area contributed by atoms with Crippen molar-refractivity contribution in [2.45, 2.75) is 43.4 Å². The van der Waals surface area contributed by atoms with Crippen LogP contribution in [0.4, 0.5) is 26.3 Å². The van der Waals surface area contributed by atoms with E-state index in [-0.39, 0.29) is 42.0 Å². The minimum absolute atomic E-state index is 0.0726. The second-order valence-corrected chi connectivity index (χ2v) is 10.4. The van der Waals surface area contributed by atoms with Crippen LogP contribution in [0.3, 0.4) is 0 Å². The molecule has 1 unspecified atom stereocenters. The summed E-state index contributed by atoms with van der Waals surface area (Å²) >= 11 is 0. The van der Waals surface area contributed by atoms with E-state index in [1.165, 1.54) is 0 Å². The highest BCUT2D eigenvalue weighted by atomic mass is 19.4. The van der Waals surface area contributed by atoms with Crippen LogP contribution in [0.15, 0.2) is 78.9 Å². The second-order valence-electron chi connectivity index (χ2n) is 10.4. The molecule has 3 aromatic rings. The fourth-order valence-electron chi connectivity index (χ4n) is 6.26. The summed E-state index contributed by atoms with van der Waals surface area (Å²) in [6.45, 7) is 0.928. The first-order valence-electron chi connectivity index (χ1n) is 12.9. The Labute approximate surface area is 223 Å². The van der Waals surface area contributed by atoms with E-state index in [4.69, 9.17) is 4.74 Å². The molecule has 3 aliphatic rings. The van der Waals surface area contributed by atoms with Crippen LogP contribution in [0.1, 0.15) is 40.2 Å². The molecule has 208 valence electrons. The van der Waals surface area contributed by atoms with Gasteiger partial charge in [0.1, 0.15) is 0 Å². The number of aliphatic hydroxyl groups excluding tert-OH is 1. The number of aliphatic hydroxyl groups is 1. The van der Waals surface area contributed by atoms with Crippen LogP contribution in [0.25, 0.3) is 0 Å². The average Bonchev–Trinajstić information content (AvgIpc) is 2.93. The summed E-state index contributed by atoms with van der Waals surface area (Å²) in [7, 11) is 0. The Hall–Kier alpha value is -2.88. The summed E-state index contributed by atoms with van der Waals surface area (Å²) in [6.07, 6.45) is -9.65. The highest BCUT2D eigenvalue weighted by Crippen LogP contribution is 2.46. The van der Waals surface area contributed by atoms with Crippen molar-refractivity contribution in [1.29, 1.82) is 0 Å². The number of nitrogens with zero attached hydrogens (tertiary/aromatic N) is 1. The number of hydrogen-bond donors (Lipinski definition) is 1. The number of alkyl halides is 6. The zero-order chi connectivity index (χ0) is 27.8. The van der Waals surface area contributed by atoms with Gasteiger partial charge in [-0.15, -0.1) is 0 Å². The minimum Gasteiger partial charge on any atom is -0.396 e. The van der Waals surface area contributed by atoms with E-state index in [0.29, 0.717) is 6.54 Å². The average molecular weight is 550 g/mol. The third-order valence-electron chi connectivity index (χ3n) is 7.99. The van der Waals surface area contributed by atoms with E-state index in [9.17, 15) is 31.4 Å². The Morgan fingerprint density at radius 2 is 1.36 bits per heavy atom. The molecule has 3 fully saturated rings. The van der Waals surface area contributed by atoms with E-state index in [1.807, 2.05) is 60.7 Å². The maximum atomic E-state index is 13.5. The molecule has 0 amide bonds. The number of ether oxygens (including phenoxy) is 1. The summed E-state index contributed by atoms with van der Waals surface area (Å²) in [4.78, 5) is 2.25. The maximum Gasteiger partial charge on any atom is 0.416 e. The smallest absolute Gasteiger partial charge is 0.396 e. The summed E-state index contributed by atoms with van der Waals surface area (Å²) in [5.74, 6) is -0.334. The van der Waals surface area contributed by atoms with E-state index in [0.717, 1.165) is 36.2 Å². The van der Waals surface area contributed by atoms with Gasteiger partial charge in [-0.05, 0) is 53.8 Å². The Bertz CT molecular complexity index is 1180. The molecule has 3 nitrogen and oxygen atoms in total. The van der Waals surface area contributed by atoms with Gasteiger partial charge in [0.2, 0.25) is 0 Å². The lowest BCUT2D eigenvalue weighted by Crippen LogP contribution is -2.64. The molecular formula is C30H29F6NO2. The van der Waals surface area contributed by atoms with Gasteiger partial charge in [0.05, 0.1) is 23.8 Å². The molecule has 39 heavy (non-hydrogen) atoms. The molecule has 0 aromatic heterocycles. The summed E-state index contributed by atoms with van der Waals surface area (Å²) in [6, 6.07) is 21.0. The molecule has 1 N–H and O–H groups in total. The minimum atomic E-state index is -4.93. The molecule has 2 bridgehead atoms. The molecule has 3 heterocycles. The van der Waals surface area contributed by atoms with Gasteiger partial charge in [0.15, 0.2) is 0 Å². The van der Waals surface area contributed by atoms with Crippen molar-refractivity contribution in [1.82, 2.24) is 4.90 Å². The normalized spacial score (nSPS) is 25.3. The van der Waals surface area contributed by atoms with E-state index < -0.39 is 36.2 Å². The predicted molar refractivity (Wildman–Crippen MR) is 134 cm³/mol. The zero-order valence-corrected chi connectivity index (χ0v) is 21.0. The first-order chi connectivity index (χ1) is 18.6. The van der Waals surface area contributed by atoms with Crippen LogP contribution in [-0.2, 0) is 23.7 Å². The zero-order valence-electron chi connectivity index (χ0n) is 21.0. The second kappa shape index (κ2) is 10.9. The van der Waals surface area contributed by atoms with Crippen molar-refractivity contribution in [3.8, 4) is 0 Å². The van der Waals surface area contributed by atoms with E-state index >= 15 is 0 Å². The summed E-state index contributed by atoms with van der Waals surface area (Å²) in [5, 5.41) is 10.1. The van der Waals surface area contributed by atoms with Gasteiger partial charge < -0.3 is 9.84 Å². The molecule has 0 saturated carbocycles. The third-order valence-corrected chi connectivity index (χ3v) is 7.99. The lowest BCUT2D eigenvalue weighted by Gasteiger charge is -2.56. The highest BCUT2D eigenvalue weighted by molar-refractivity contribution is 5.36. The molecule has 5 atom stereocenters. The molecule has 3 saturated heterocycles. The molecule has 3 aliphatic heterocycles. The SMILES string of the molecule is OC[C@@H]1CN2CC[C@H]1[C@H](OCc1cc(C(F)(F)F)cc(C(F)(F)F)c1)[C@@H]2C(c1ccccc1)c1ccccc1. The van der Waals surface area contributed by atoms with Crippen molar-refractivity contribution in [3.63, 3.8) is 0 Å². The van der Waals surface area contributed by atoms with Gasteiger partial charge >= 0.3 is 12.4 Å². The first kappa shape index (κ1) is 27.7. The van der Waals surface area contributed by atoms with Crippen molar-refractivity contribution in [3.05, 3.63) is 107 Å². The standard InChI is InChI=1S/C30H29F6NO2/c31-29(32,33)23-13-19(14-24(15-23)30(34,35)36)18-39-28-25-11-12-37(16-22(25)17-38)27(28)26(20-7-3-1-4-8-20)21-9-5-2-6-10-21/h1-10,13-15,22,25-28,38H,11-12,16-18H2/t22-,25+,27-,28-/m0/s1. The summed E-state index contributed by atoms with van der Waals surface area (Å²) in [5.41, 5.74) is -0.839. The van der Waals surface area contributed by atoms with Gasteiger partial charge in [0, 0.05) is 31.0 Å². The number of hydrogen-bond acceptors (Lipinski definition) is 3. The number of piperidine rings is 3. The number of fused-ring (bicyclic) bond motifs is 3. The Kier molecular flexibility index (Phi) is 7.77. The molecule has 0 spiro atoms. The van der Waals surface area contributed by atoms with Gasteiger partial charge in [0.25, 0.3) is 0 Å². The largest absolute Gasteiger partial charge is 0.416 e. The molecule has 0 radical (unpaired) electrons. The van der Waals surface area contributed by atoms with Crippen molar-refractivity contribution >= 4 is 0 Å². The van der Waals surface area contributed by atoms with Crippen LogP contribution >= 0.6 is 0 Å². The van der Waals surface area contributed by atoms with Gasteiger partial charge in [-0.1, -0.05) is 60.7 Å². The van der Waals surface area contributed by atoms with Crippen LogP contribution in [-0.4, -0.2) is 41.8 Å². The van der Waals surface area contributed by atoms with Crippen molar-refractivity contribution in [2.75, 3.05) is 19.7 Å². The van der Waals surface area contributed by atoms with E-state index in [1.54, 1.807) is 0 Å². The van der Waals surface area contributed by atoms with Gasteiger partial charge in [-0.25, -0.2) is 0 Å². The molecular weight excluding hydrogens is 520 g/mol. The number of benzene rings is 3. The van der Waals surface area contributed by atoms with Gasteiger partial charge in [-0.2, -0.15) is 26.3 Å². The van der Waals surface area contributed by atoms with E-state index in [2.05, 4.69) is 4.90 Å².